The maximum atomic E-state index is 9.14. The molecule has 84 valence electrons. The molecule has 0 saturated heterocycles. The fourth-order valence-corrected chi connectivity index (χ4v) is 2.23. The molecule has 1 fully saturated rings. The standard InChI is InChI=1S/C12H25NO/c1-9-4-5-12(8-10(9)2)13-7-6-11(3)14/h9-14H,4-8H2,1-3H3/t9-,10-,11-,12+/m0/s1. The van der Waals surface area contributed by atoms with Crippen LogP contribution in [0, 0.1) is 11.8 Å². The molecule has 0 aromatic carbocycles. The molecule has 0 bridgehead atoms. The molecule has 2 N–H and O–H groups in total. The maximum Gasteiger partial charge on any atom is 0.0524 e. The van der Waals surface area contributed by atoms with Crippen LogP contribution in [0.2, 0.25) is 0 Å². The Labute approximate surface area is 88.1 Å². The second-order valence-corrected chi connectivity index (χ2v) is 5.06. The zero-order chi connectivity index (χ0) is 10.6. The summed E-state index contributed by atoms with van der Waals surface area (Å²) in [5.41, 5.74) is 0. The zero-order valence-corrected chi connectivity index (χ0v) is 9.79. The number of hydrogen-bond donors (Lipinski definition) is 2. The average molecular weight is 199 g/mol. The molecule has 1 aliphatic carbocycles. The van der Waals surface area contributed by atoms with E-state index < -0.39 is 0 Å². The lowest BCUT2D eigenvalue weighted by Gasteiger charge is -2.32. The minimum absolute atomic E-state index is 0.164. The van der Waals surface area contributed by atoms with E-state index in [0.29, 0.717) is 6.04 Å². The van der Waals surface area contributed by atoms with Gasteiger partial charge in [0.25, 0.3) is 0 Å². The average Bonchev–Trinajstić information content (AvgIpc) is 2.10. The van der Waals surface area contributed by atoms with Crippen LogP contribution in [0.3, 0.4) is 0 Å². The van der Waals surface area contributed by atoms with Crippen LogP contribution in [0.4, 0.5) is 0 Å². The molecular weight excluding hydrogens is 174 g/mol. The van der Waals surface area contributed by atoms with Gasteiger partial charge in [0.05, 0.1) is 6.10 Å². The first kappa shape index (κ1) is 12.0. The van der Waals surface area contributed by atoms with Crippen LogP contribution in [-0.2, 0) is 0 Å². The van der Waals surface area contributed by atoms with Gasteiger partial charge in [0.15, 0.2) is 0 Å². The molecule has 2 heteroatoms. The van der Waals surface area contributed by atoms with Gasteiger partial charge in [-0.15, -0.1) is 0 Å². The first-order valence-corrected chi connectivity index (χ1v) is 6.01. The van der Waals surface area contributed by atoms with E-state index >= 15 is 0 Å². The van der Waals surface area contributed by atoms with E-state index in [-0.39, 0.29) is 6.10 Å². The molecule has 1 aliphatic rings. The van der Waals surface area contributed by atoms with Gasteiger partial charge in [0.1, 0.15) is 0 Å². The van der Waals surface area contributed by atoms with Crippen molar-refractivity contribution in [3.8, 4) is 0 Å². The quantitative estimate of drug-likeness (QED) is 0.727. The van der Waals surface area contributed by atoms with E-state index in [1.807, 2.05) is 6.92 Å². The number of aliphatic hydroxyl groups excluding tert-OH is 1. The Morgan fingerprint density at radius 1 is 1.29 bits per heavy atom. The summed E-state index contributed by atoms with van der Waals surface area (Å²) in [7, 11) is 0. The molecule has 0 spiro atoms. The molecule has 4 atom stereocenters. The number of nitrogens with one attached hydrogen (secondary N) is 1. The molecule has 0 amide bonds. The number of rotatable bonds is 4. The third-order valence-corrected chi connectivity index (χ3v) is 3.59. The van der Waals surface area contributed by atoms with Gasteiger partial charge in [-0.05, 0) is 51.0 Å². The predicted molar refractivity (Wildman–Crippen MR) is 60.3 cm³/mol. The van der Waals surface area contributed by atoms with Crippen LogP contribution in [0.25, 0.3) is 0 Å². The van der Waals surface area contributed by atoms with Crippen LogP contribution in [0.1, 0.15) is 46.5 Å². The van der Waals surface area contributed by atoms with Gasteiger partial charge < -0.3 is 10.4 Å². The second-order valence-electron chi connectivity index (χ2n) is 5.06. The van der Waals surface area contributed by atoms with Crippen molar-refractivity contribution in [3.63, 3.8) is 0 Å². The van der Waals surface area contributed by atoms with Gasteiger partial charge >= 0.3 is 0 Å². The molecule has 0 radical (unpaired) electrons. The van der Waals surface area contributed by atoms with Gasteiger partial charge in [-0.2, -0.15) is 0 Å². The molecule has 0 unspecified atom stereocenters. The summed E-state index contributed by atoms with van der Waals surface area (Å²) in [6, 6.07) is 0.694. The van der Waals surface area contributed by atoms with Gasteiger partial charge in [-0.25, -0.2) is 0 Å². The van der Waals surface area contributed by atoms with Crippen LogP contribution in [-0.4, -0.2) is 23.8 Å². The normalized spacial score (nSPS) is 35.6. The number of aliphatic hydroxyl groups is 1. The molecule has 2 nitrogen and oxygen atoms in total. The highest BCUT2D eigenvalue weighted by Gasteiger charge is 2.23. The maximum absolute atomic E-state index is 9.14. The molecule has 0 aromatic heterocycles. The summed E-state index contributed by atoms with van der Waals surface area (Å²) in [5, 5.41) is 12.7. The van der Waals surface area contributed by atoms with Crippen molar-refractivity contribution < 1.29 is 5.11 Å². The van der Waals surface area contributed by atoms with Crippen molar-refractivity contribution in [2.45, 2.75) is 58.6 Å². The Bertz CT molecular complexity index is 158. The Morgan fingerprint density at radius 2 is 2.00 bits per heavy atom. The highest BCUT2D eigenvalue weighted by atomic mass is 16.3. The summed E-state index contributed by atoms with van der Waals surface area (Å²) in [6.45, 7) is 7.53. The smallest absolute Gasteiger partial charge is 0.0524 e. The van der Waals surface area contributed by atoms with E-state index in [1.165, 1.54) is 19.3 Å². The van der Waals surface area contributed by atoms with E-state index in [0.717, 1.165) is 24.8 Å². The van der Waals surface area contributed by atoms with E-state index in [1.54, 1.807) is 0 Å². The zero-order valence-electron chi connectivity index (χ0n) is 9.79. The topological polar surface area (TPSA) is 32.3 Å². The molecule has 1 rings (SSSR count). The van der Waals surface area contributed by atoms with Gasteiger partial charge in [-0.1, -0.05) is 13.8 Å². The van der Waals surface area contributed by atoms with Crippen molar-refractivity contribution >= 4 is 0 Å². The monoisotopic (exact) mass is 199 g/mol. The van der Waals surface area contributed by atoms with Crippen molar-refractivity contribution in [1.29, 1.82) is 0 Å². The molecule has 1 saturated carbocycles. The second kappa shape index (κ2) is 5.72. The van der Waals surface area contributed by atoms with Crippen molar-refractivity contribution in [3.05, 3.63) is 0 Å². The Hall–Kier alpha value is -0.0800. The molecule has 0 aliphatic heterocycles. The van der Waals surface area contributed by atoms with Crippen molar-refractivity contribution in [2.75, 3.05) is 6.54 Å². The van der Waals surface area contributed by atoms with Gasteiger partial charge in [0, 0.05) is 6.04 Å². The largest absolute Gasteiger partial charge is 0.393 e. The van der Waals surface area contributed by atoms with Crippen molar-refractivity contribution in [1.82, 2.24) is 5.32 Å². The predicted octanol–water partition coefficient (Wildman–Crippen LogP) is 2.17. The highest BCUT2D eigenvalue weighted by Crippen LogP contribution is 2.29. The molecule has 0 heterocycles. The Morgan fingerprint density at radius 3 is 2.57 bits per heavy atom. The SMILES string of the molecule is C[C@H](O)CCN[C@@H]1CC[C@H](C)[C@@H](C)C1. The van der Waals surface area contributed by atoms with Crippen molar-refractivity contribution in [2.24, 2.45) is 11.8 Å². The lowest BCUT2D eigenvalue weighted by Crippen LogP contribution is -2.37. The lowest BCUT2D eigenvalue weighted by atomic mass is 9.79. The first-order valence-electron chi connectivity index (χ1n) is 6.01. The first-order chi connectivity index (χ1) is 6.59. The summed E-state index contributed by atoms with van der Waals surface area (Å²) in [6.07, 6.45) is 4.68. The van der Waals surface area contributed by atoms with Crippen LogP contribution >= 0.6 is 0 Å². The minimum Gasteiger partial charge on any atom is -0.393 e. The van der Waals surface area contributed by atoms with E-state index in [2.05, 4.69) is 19.2 Å². The summed E-state index contributed by atoms with van der Waals surface area (Å²) >= 11 is 0. The lowest BCUT2D eigenvalue weighted by molar-refractivity contribution is 0.174. The third kappa shape index (κ3) is 3.97. The molecule has 0 aromatic rings. The van der Waals surface area contributed by atoms with Crippen LogP contribution < -0.4 is 5.32 Å². The Kier molecular flexibility index (Phi) is 4.90. The Balaban J connectivity index is 2.13. The van der Waals surface area contributed by atoms with E-state index in [4.69, 9.17) is 5.11 Å². The fourth-order valence-electron chi connectivity index (χ4n) is 2.23. The summed E-state index contributed by atoms with van der Waals surface area (Å²) < 4.78 is 0. The van der Waals surface area contributed by atoms with Crippen LogP contribution in [0.5, 0.6) is 0 Å². The summed E-state index contributed by atoms with van der Waals surface area (Å²) in [5.74, 6) is 1.75. The molecular formula is C12H25NO. The number of hydrogen-bond acceptors (Lipinski definition) is 2. The third-order valence-electron chi connectivity index (χ3n) is 3.59. The van der Waals surface area contributed by atoms with Gasteiger partial charge in [-0.3, -0.25) is 0 Å². The van der Waals surface area contributed by atoms with Gasteiger partial charge in [0.2, 0.25) is 0 Å². The summed E-state index contributed by atoms with van der Waals surface area (Å²) in [4.78, 5) is 0. The van der Waals surface area contributed by atoms with E-state index in [9.17, 15) is 0 Å². The minimum atomic E-state index is -0.164. The highest BCUT2D eigenvalue weighted by molar-refractivity contribution is 4.79. The fraction of sp³-hybridized carbons (Fsp3) is 1.00. The molecule has 14 heavy (non-hydrogen) atoms. The van der Waals surface area contributed by atoms with Crippen LogP contribution in [0.15, 0.2) is 0 Å².